The quantitative estimate of drug-likeness (QED) is 0.622. The van der Waals surface area contributed by atoms with E-state index in [0.717, 1.165) is 4.90 Å². The standard InChI is InChI=1S/C27H29N3O6/c1-16(2)13-21(30-25(32)19-5-3-4-6-20(19)26(30)33)27(34)29-11-9-17(10-12-29)24(31)28-18-7-8-22-23(14-18)36-15-35-22/h3-8,14,16-17,21H,9-13,15H2,1-2H3,(H,28,31). The van der Waals surface area contributed by atoms with Crippen LogP contribution in [0.2, 0.25) is 0 Å². The molecule has 2 aromatic carbocycles. The Kier molecular flexibility index (Phi) is 6.38. The molecule has 9 nitrogen and oxygen atoms in total. The largest absolute Gasteiger partial charge is 0.454 e. The minimum Gasteiger partial charge on any atom is -0.454 e. The smallest absolute Gasteiger partial charge is 0.262 e. The highest BCUT2D eigenvalue weighted by atomic mass is 16.7. The molecule has 0 aliphatic carbocycles. The average Bonchev–Trinajstić information content (AvgIpc) is 3.44. The van der Waals surface area contributed by atoms with Crippen LogP contribution in [-0.4, -0.2) is 59.4 Å². The molecule has 0 radical (unpaired) electrons. The Labute approximate surface area is 209 Å². The number of fused-ring (bicyclic) bond motifs is 2. The molecule has 188 valence electrons. The summed E-state index contributed by atoms with van der Waals surface area (Å²) in [5, 5.41) is 2.93. The van der Waals surface area contributed by atoms with Gasteiger partial charge >= 0.3 is 0 Å². The van der Waals surface area contributed by atoms with Crippen LogP contribution in [0.3, 0.4) is 0 Å². The van der Waals surface area contributed by atoms with Gasteiger partial charge in [0.25, 0.3) is 11.8 Å². The zero-order valence-electron chi connectivity index (χ0n) is 20.4. The number of piperidine rings is 1. The maximum absolute atomic E-state index is 13.6. The van der Waals surface area contributed by atoms with Crippen molar-refractivity contribution in [1.29, 1.82) is 0 Å². The molecule has 3 aliphatic rings. The second-order valence-electron chi connectivity index (χ2n) is 9.83. The second kappa shape index (κ2) is 9.64. The van der Waals surface area contributed by atoms with Gasteiger partial charge in [-0.25, -0.2) is 0 Å². The SMILES string of the molecule is CC(C)CC(C(=O)N1CCC(C(=O)Nc2ccc3c(c2)OCO3)CC1)N1C(=O)c2ccccc2C1=O. The lowest BCUT2D eigenvalue weighted by Crippen LogP contribution is -2.53. The number of hydrogen-bond donors (Lipinski definition) is 1. The molecule has 36 heavy (non-hydrogen) atoms. The van der Waals surface area contributed by atoms with E-state index in [1.165, 1.54) is 0 Å². The Bertz CT molecular complexity index is 1180. The normalized spacial score (nSPS) is 18.0. The first-order chi connectivity index (χ1) is 17.3. The maximum atomic E-state index is 13.6. The van der Waals surface area contributed by atoms with E-state index in [1.54, 1.807) is 47.4 Å². The first-order valence-electron chi connectivity index (χ1n) is 12.3. The van der Waals surface area contributed by atoms with Gasteiger partial charge in [0.05, 0.1) is 11.1 Å². The van der Waals surface area contributed by atoms with Gasteiger partial charge < -0.3 is 19.7 Å². The highest BCUT2D eigenvalue weighted by Gasteiger charge is 2.44. The Morgan fingerprint density at radius 2 is 1.61 bits per heavy atom. The van der Waals surface area contributed by atoms with Crippen LogP contribution in [0.5, 0.6) is 11.5 Å². The van der Waals surface area contributed by atoms with Crippen molar-refractivity contribution in [3.8, 4) is 11.5 Å². The van der Waals surface area contributed by atoms with Gasteiger partial charge in [0.1, 0.15) is 6.04 Å². The molecule has 4 amide bonds. The number of likely N-dealkylation sites (tertiary alicyclic amines) is 1. The predicted octanol–water partition coefficient (Wildman–Crippen LogP) is 3.30. The van der Waals surface area contributed by atoms with Crippen LogP contribution >= 0.6 is 0 Å². The Hall–Kier alpha value is -3.88. The minimum absolute atomic E-state index is 0.105. The molecule has 0 spiro atoms. The van der Waals surface area contributed by atoms with Crippen LogP contribution in [-0.2, 0) is 9.59 Å². The first kappa shape index (κ1) is 23.8. The van der Waals surface area contributed by atoms with Gasteiger partial charge in [0.2, 0.25) is 18.6 Å². The van der Waals surface area contributed by atoms with E-state index in [1.807, 2.05) is 13.8 Å². The van der Waals surface area contributed by atoms with Gasteiger partial charge in [-0.3, -0.25) is 24.1 Å². The maximum Gasteiger partial charge on any atom is 0.262 e. The van der Waals surface area contributed by atoms with Crippen molar-refractivity contribution in [2.24, 2.45) is 11.8 Å². The van der Waals surface area contributed by atoms with Crippen molar-refractivity contribution in [3.05, 3.63) is 53.6 Å². The highest BCUT2D eigenvalue weighted by Crippen LogP contribution is 2.35. The lowest BCUT2D eigenvalue weighted by atomic mass is 9.94. The fourth-order valence-corrected chi connectivity index (χ4v) is 5.05. The van der Waals surface area contributed by atoms with Crippen LogP contribution in [0.1, 0.15) is 53.8 Å². The zero-order valence-corrected chi connectivity index (χ0v) is 20.4. The molecule has 1 saturated heterocycles. The molecular formula is C27H29N3O6. The lowest BCUT2D eigenvalue weighted by molar-refractivity contribution is -0.138. The summed E-state index contributed by atoms with van der Waals surface area (Å²) in [6.07, 6.45) is 1.38. The zero-order chi connectivity index (χ0) is 25.4. The Balaban J connectivity index is 1.23. The van der Waals surface area contributed by atoms with E-state index in [9.17, 15) is 19.2 Å². The topological polar surface area (TPSA) is 105 Å². The number of imide groups is 1. The fourth-order valence-electron chi connectivity index (χ4n) is 5.05. The third-order valence-corrected chi connectivity index (χ3v) is 6.93. The van der Waals surface area contributed by atoms with Gasteiger partial charge in [-0.2, -0.15) is 0 Å². The van der Waals surface area contributed by atoms with Crippen LogP contribution in [0.25, 0.3) is 0 Å². The molecule has 2 aromatic rings. The van der Waals surface area contributed by atoms with E-state index in [2.05, 4.69) is 5.32 Å². The van der Waals surface area contributed by atoms with Crippen molar-refractivity contribution in [2.75, 3.05) is 25.2 Å². The average molecular weight is 492 g/mol. The van der Waals surface area contributed by atoms with E-state index in [0.29, 0.717) is 60.7 Å². The molecule has 1 atom stereocenters. The molecule has 3 aliphatic heterocycles. The van der Waals surface area contributed by atoms with E-state index >= 15 is 0 Å². The molecule has 1 fully saturated rings. The third-order valence-electron chi connectivity index (χ3n) is 6.93. The molecule has 9 heteroatoms. The van der Waals surface area contributed by atoms with Crippen LogP contribution in [0.4, 0.5) is 5.69 Å². The molecule has 0 aromatic heterocycles. The van der Waals surface area contributed by atoms with Crippen molar-refractivity contribution in [3.63, 3.8) is 0 Å². The van der Waals surface area contributed by atoms with Crippen LogP contribution in [0.15, 0.2) is 42.5 Å². The Morgan fingerprint density at radius 1 is 0.972 bits per heavy atom. The molecule has 1 N–H and O–H groups in total. The summed E-state index contributed by atoms with van der Waals surface area (Å²) in [6.45, 7) is 4.86. The summed E-state index contributed by atoms with van der Waals surface area (Å²) in [7, 11) is 0. The highest BCUT2D eigenvalue weighted by molar-refractivity contribution is 6.22. The number of nitrogens with one attached hydrogen (secondary N) is 1. The Morgan fingerprint density at radius 3 is 2.25 bits per heavy atom. The number of hydrogen-bond acceptors (Lipinski definition) is 6. The first-order valence-corrected chi connectivity index (χ1v) is 12.3. The number of nitrogens with zero attached hydrogens (tertiary/aromatic N) is 2. The summed E-state index contributed by atoms with van der Waals surface area (Å²) >= 11 is 0. The summed E-state index contributed by atoms with van der Waals surface area (Å²) < 4.78 is 10.7. The van der Waals surface area contributed by atoms with E-state index in [4.69, 9.17) is 9.47 Å². The van der Waals surface area contributed by atoms with Crippen molar-refractivity contribution in [2.45, 2.75) is 39.2 Å². The van der Waals surface area contributed by atoms with E-state index in [-0.39, 0.29) is 30.4 Å². The fraction of sp³-hybridized carbons (Fsp3) is 0.407. The van der Waals surface area contributed by atoms with Crippen molar-refractivity contribution < 1.29 is 28.7 Å². The molecular weight excluding hydrogens is 462 g/mol. The van der Waals surface area contributed by atoms with Crippen molar-refractivity contribution in [1.82, 2.24) is 9.80 Å². The summed E-state index contributed by atoms with van der Waals surface area (Å²) in [4.78, 5) is 55.4. The number of amides is 4. The monoisotopic (exact) mass is 491 g/mol. The van der Waals surface area contributed by atoms with Crippen LogP contribution in [0, 0.1) is 11.8 Å². The number of benzene rings is 2. The molecule has 5 rings (SSSR count). The second-order valence-corrected chi connectivity index (χ2v) is 9.83. The number of anilines is 1. The summed E-state index contributed by atoms with van der Waals surface area (Å²) in [6, 6.07) is 11.1. The van der Waals surface area contributed by atoms with E-state index < -0.39 is 17.9 Å². The third kappa shape index (κ3) is 4.41. The number of rotatable bonds is 6. The minimum atomic E-state index is -0.864. The van der Waals surface area contributed by atoms with Gasteiger partial charge in [-0.05, 0) is 49.4 Å². The van der Waals surface area contributed by atoms with Gasteiger partial charge in [0.15, 0.2) is 11.5 Å². The molecule has 0 saturated carbocycles. The molecule has 1 unspecified atom stereocenters. The molecule has 3 heterocycles. The van der Waals surface area contributed by atoms with Gasteiger partial charge in [-0.1, -0.05) is 26.0 Å². The summed E-state index contributed by atoms with van der Waals surface area (Å²) in [5.41, 5.74) is 1.30. The van der Waals surface area contributed by atoms with Crippen LogP contribution < -0.4 is 14.8 Å². The van der Waals surface area contributed by atoms with Gasteiger partial charge in [0, 0.05) is 30.8 Å². The number of carbonyl (C=O) groups excluding carboxylic acids is 4. The van der Waals surface area contributed by atoms with Crippen molar-refractivity contribution >= 4 is 29.3 Å². The predicted molar refractivity (Wildman–Crippen MR) is 131 cm³/mol. The summed E-state index contributed by atoms with van der Waals surface area (Å²) in [5.74, 6) is -0.102. The lowest BCUT2D eigenvalue weighted by Gasteiger charge is -2.36. The number of carbonyl (C=O) groups is 4. The molecule has 0 bridgehead atoms. The number of ether oxygens (including phenoxy) is 2. The van der Waals surface area contributed by atoms with Gasteiger partial charge in [-0.15, -0.1) is 0 Å².